The highest BCUT2D eigenvalue weighted by molar-refractivity contribution is 7.09. The molecule has 0 radical (unpaired) electrons. The number of aryl methyl sites for hydroxylation is 3. The number of nitrogens with zero attached hydrogens (tertiary/aromatic N) is 3. The molecule has 0 bridgehead atoms. The summed E-state index contributed by atoms with van der Waals surface area (Å²) < 4.78 is 11.4. The van der Waals surface area contributed by atoms with Crippen molar-refractivity contribution in [3.63, 3.8) is 0 Å². The van der Waals surface area contributed by atoms with E-state index in [9.17, 15) is 4.79 Å². The third-order valence-corrected chi connectivity index (χ3v) is 6.76. The molecule has 1 saturated heterocycles. The van der Waals surface area contributed by atoms with Crippen LogP contribution in [-0.2, 0) is 17.9 Å². The Kier molecular flexibility index (Phi) is 8.32. The molecular formula is C27H33N3O3S. The smallest absolute Gasteiger partial charge is 0.254 e. The molecule has 7 heteroatoms. The third kappa shape index (κ3) is 6.88. The van der Waals surface area contributed by atoms with Gasteiger partial charge >= 0.3 is 0 Å². The van der Waals surface area contributed by atoms with Gasteiger partial charge in [0.15, 0.2) is 0 Å². The fourth-order valence-electron chi connectivity index (χ4n) is 4.06. The van der Waals surface area contributed by atoms with E-state index < -0.39 is 0 Å². The Morgan fingerprint density at radius 2 is 1.76 bits per heavy atom. The maximum Gasteiger partial charge on any atom is 0.254 e. The van der Waals surface area contributed by atoms with Gasteiger partial charge in [-0.25, -0.2) is 4.98 Å². The van der Waals surface area contributed by atoms with Gasteiger partial charge in [-0.15, -0.1) is 11.3 Å². The number of hydrogen-bond acceptors (Lipinski definition) is 6. The summed E-state index contributed by atoms with van der Waals surface area (Å²) in [5.74, 6) is 0.894. The van der Waals surface area contributed by atoms with Gasteiger partial charge in [-0.2, -0.15) is 0 Å². The zero-order chi connectivity index (χ0) is 23.9. The molecule has 2 aromatic carbocycles. The summed E-state index contributed by atoms with van der Waals surface area (Å²) in [5, 5.41) is 2.94. The normalized spacial score (nSPS) is 14.2. The van der Waals surface area contributed by atoms with Crippen molar-refractivity contribution >= 4 is 17.2 Å². The zero-order valence-electron chi connectivity index (χ0n) is 20.3. The Morgan fingerprint density at radius 1 is 1.06 bits per heavy atom. The summed E-state index contributed by atoms with van der Waals surface area (Å²) in [6.45, 7) is 11.9. The van der Waals surface area contributed by atoms with Crippen LogP contribution in [0.5, 0.6) is 5.75 Å². The zero-order valence-corrected chi connectivity index (χ0v) is 21.1. The minimum absolute atomic E-state index is 0.0364. The van der Waals surface area contributed by atoms with Crippen LogP contribution in [0.3, 0.4) is 0 Å². The van der Waals surface area contributed by atoms with Crippen LogP contribution < -0.4 is 4.74 Å². The first kappa shape index (κ1) is 24.4. The van der Waals surface area contributed by atoms with Crippen LogP contribution >= 0.6 is 11.3 Å². The molecule has 3 aromatic rings. The molecule has 2 heterocycles. The Labute approximate surface area is 206 Å². The van der Waals surface area contributed by atoms with Crippen molar-refractivity contribution in [1.29, 1.82) is 0 Å². The van der Waals surface area contributed by atoms with Gasteiger partial charge in [0.1, 0.15) is 17.4 Å². The van der Waals surface area contributed by atoms with Crippen molar-refractivity contribution in [2.75, 3.05) is 39.4 Å². The Bertz CT molecular complexity index is 1070. The fourth-order valence-corrected chi connectivity index (χ4v) is 4.76. The van der Waals surface area contributed by atoms with Crippen LogP contribution in [0, 0.1) is 20.8 Å². The van der Waals surface area contributed by atoms with E-state index >= 15 is 0 Å². The van der Waals surface area contributed by atoms with Crippen molar-refractivity contribution in [1.82, 2.24) is 14.8 Å². The van der Waals surface area contributed by atoms with Crippen LogP contribution in [-0.4, -0.2) is 60.1 Å². The average Bonchev–Trinajstić information content (AvgIpc) is 3.28. The third-order valence-electron chi connectivity index (χ3n) is 5.89. The maximum absolute atomic E-state index is 13.3. The van der Waals surface area contributed by atoms with Gasteiger partial charge in [0.2, 0.25) is 0 Å². The van der Waals surface area contributed by atoms with Crippen LogP contribution in [0.2, 0.25) is 0 Å². The van der Waals surface area contributed by atoms with Gasteiger partial charge in [0.05, 0.1) is 25.5 Å². The molecule has 4 rings (SSSR count). The molecule has 1 aromatic heterocycles. The van der Waals surface area contributed by atoms with Gasteiger partial charge in [0.25, 0.3) is 5.91 Å². The first-order valence-electron chi connectivity index (χ1n) is 11.8. The lowest BCUT2D eigenvalue weighted by Gasteiger charge is -2.30. The topological polar surface area (TPSA) is 54.9 Å². The summed E-state index contributed by atoms with van der Waals surface area (Å²) in [6, 6.07) is 14.0. The number of carbonyl (C=O) groups excluding carboxylic acids is 1. The predicted molar refractivity (Wildman–Crippen MR) is 136 cm³/mol. The second-order valence-corrected chi connectivity index (χ2v) is 9.83. The largest absolute Gasteiger partial charge is 0.486 e. The number of morpholine rings is 1. The van der Waals surface area contributed by atoms with E-state index in [2.05, 4.69) is 24.8 Å². The van der Waals surface area contributed by atoms with E-state index in [4.69, 9.17) is 14.5 Å². The molecule has 6 nitrogen and oxygen atoms in total. The van der Waals surface area contributed by atoms with E-state index in [0.29, 0.717) is 25.3 Å². The molecular weight excluding hydrogens is 446 g/mol. The molecule has 0 aliphatic carbocycles. The number of thiazole rings is 1. The van der Waals surface area contributed by atoms with Crippen LogP contribution in [0.25, 0.3) is 0 Å². The van der Waals surface area contributed by atoms with Gasteiger partial charge < -0.3 is 14.4 Å². The van der Waals surface area contributed by atoms with E-state index in [-0.39, 0.29) is 5.91 Å². The van der Waals surface area contributed by atoms with Gasteiger partial charge in [-0.3, -0.25) is 9.69 Å². The van der Waals surface area contributed by atoms with Crippen molar-refractivity contribution < 1.29 is 14.3 Å². The second-order valence-electron chi connectivity index (χ2n) is 8.89. The van der Waals surface area contributed by atoms with Crippen molar-refractivity contribution in [3.8, 4) is 5.75 Å². The van der Waals surface area contributed by atoms with Crippen molar-refractivity contribution in [3.05, 3.63) is 80.8 Å². The van der Waals surface area contributed by atoms with E-state index in [0.717, 1.165) is 54.9 Å². The minimum Gasteiger partial charge on any atom is -0.486 e. The number of amides is 1. The molecule has 0 N–H and O–H groups in total. The lowest BCUT2D eigenvalue weighted by molar-refractivity contribution is 0.0319. The summed E-state index contributed by atoms with van der Waals surface area (Å²) in [7, 11) is 0. The molecule has 1 aliphatic heterocycles. The highest BCUT2D eigenvalue weighted by atomic mass is 32.1. The maximum atomic E-state index is 13.3. The molecule has 0 unspecified atom stereocenters. The highest BCUT2D eigenvalue weighted by Gasteiger charge is 2.20. The van der Waals surface area contributed by atoms with Gasteiger partial charge in [0, 0.05) is 37.1 Å². The van der Waals surface area contributed by atoms with E-state index in [1.807, 2.05) is 53.6 Å². The average molecular weight is 480 g/mol. The van der Waals surface area contributed by atoms with Crippen LogP contribution in [0.1, 0.15) is 37.7 Å². The number of aromatic nitrogens is 1. The molecule has 1 amide bonds. The number of carbonyl (C=O) groups is 1. The predicted octanol–water partition coefficient (Wildman–Crippen LogP) is 4.62. The second kappa shape index (κ2) is 11.6. The molecule has 0 saturated carbocycles. The lowest BCUT2D eigenvalue weighted by Crippen LogP contribution is -2.43. The quantitative estimate of drug-likeness (QED) is 0.448. The number of benzene rings is 2. The summed E-state index contributed by atoms with van der Waals surface area (Å²) in [5.41, 5.74) is 5.11. The number of ether oxygens (including phenoxy) is 2. The molecule has 34 heavy (non-hydrogen) atoms. The highest BCUT2D eigenvalue weighted by Crippen LogP contribution is 2.20. The Balaban J connectivity index is 1.41. The molecule has 1 fully saturated rings. The van der Waals surface area contributed by atoms with Crippen molar-refractivity contribution in [2.45, 2.75) is 33.9 Å². The van der Waals surface area contributed by atoms with Crippen LogP contribution in [0.15, 0.2) is 47.8 Å². The molecule has 1 aliphatic rings. The van der Waals surface area contributed by atoms with Gasteiger partial charge in [-0.05, 0) is 56.2 Å². The first-order valence-corrected chi connectivity index (χ1v) is 12.6. The fraction of sp³-hybridized carbons (Fsp3) is 0.407. The van der Waals surface area contributed by atoms with Crippen molar-refractivity contribution in [2.24, 2.45) is 0 Å². The summed E-state index contributed by atoms with van der Waals surface area (Å²) in [6.07, 6.45) is 0. The van der Waals surface area contributed by atoms with E-state index in [1.165, 1.54) is 11.1 Å². The number of hydrogen-bond donors (Lipinski definition) is 0. The van der Waals surface area contributed by atoms with Gasteiger partial charge in [-0.1, -0.05) is 23.8 Å². The molecule has 0 spiro atoms. The standard InChI is InChI=1S/C27H33N3O3S/c1-20-4-6-23(7-5-20)27(31)30(9-8-29-10-12-32-13-11-29)17-24-19-34-26(28-24)18-33-25-15-21(2)14-22(3)16-25/h4-7,14-16,19H,8-13,17-18H2,1-3H3. The first-order chi connectivity index (χ1) is 16.5. The Hall–Kier alpha value is -2.74. The lowest BCUT2D eigenvalue weighted by atomic mass is 10.1. The SMILES string of the molecule is Cc1ccc(C(=O)N(CCN2CCOCC2)Cc2csc(COc3cc(C)cc(C)c3)n2)cc1. The monoisotopic (exact) mass is 479 g/mol. The van der Waals surface area contributed by atoms with Crippen LogP contribution in [0.4, 0.5) is 0 Å². The Morgan fingerprint density at radius 3 is 2.47 bits per heavy atom. The summed E-state index contributed by atoms with van der Waals surface area (Å²) in [4.78, 5) is 22.4. The summed E-state index contributed by atoms with van der Waals surface area (Å²) >= 11 is 1.57. The minimum atomic E-state index is 0.0364. The molecule has 180 valence electrons. The molecule has 0 atom stereocenters. The van der Waals surface area contributed by atoms with E-state index in [1.54, 1.807) is 11.3 Å². The number of rotatable bonds is 9.